The van der Waals surface area contributed by atoms with Crippen LogP contribution in [0.1, 0.15) is 44.9 Å². The van der Waals surface area contributed by atoms with Crippen molar-refractivity contribution in [3.8, 4) is 0 Å². The highest BCUT2D eigenvalue weighted by molar-refractivity contribution is 5.70. The Morgan fingerprint density at radius 3 is 2.05 bits per heavy atom. The zero-order valence-corrected chi connectivity index (χ0v) is 13.6. The summed E-state index contributed by atoms with van der Waals surface area (Å²) in [6.07, 6.45) is 6.13. The molecule has 0 unspecified atom stereocenters. The Labute approximate surface area is 127 Å². The van der Waals surface area contributed by atoms with Crippen molar-refractivity contribution in [3.05, 3.63) is 0 Å². The predicted octanol–water partition coefficient (Wildman–Crippen LogP) is 1.41. The average molecular weight is 298 g/mol. The van der Waals surface area contributed by atoms with E-state index in [1.807, 2.05) is 0 Å². The molecule has 0 bridgehead atoms. The Bertz CT molecular complexity index is 372. The van der Waals surface area contributed by atoms with Crippen molar-refractivity contribution in [1.82, 2.24) is 9.80 Å². The number of aliphatic carboxylic acids is 1. The van der Waals surface area contributed by atoms with E-state index < -0.39 is 11.6 Å². The molecule has 0 atom stereocenters. The summed E-state index contributed by atoms with van der Waals surface area (Å²) >= 11 is 0. The number of aliphatic hydroxyl groups is 1. The highest BCUT2D eigenvalue weighted by Crippen LogP contribution is 2.38. The van der Waals surface area contributed by atoms with Crippen LogP contribution in [-0.2, 0) is 4.79 Å². The molecule has 21 heavy (non-hydrogen) atoms. The molecule has 0 heterocycles. The molecule has 0 aromatic rings. The van der Waals surface area contributed by atoms with Gasteiger partial charge in [-0.25, -0.2) is 0 Å². The van der Waals surface area contributed by atoms with Crippen molar-refractivity contribution >= 4 is 5.97 Å². The molecule has 0 aliphatic heterocycles. The molecular weight excluding hydrogens is 268 g/mol. The fourth-order valence-electron chi connectivity index (χ4n) is 3.95. The maximum Gasteiger partial charge on any atom is 0.306 e. The van der Waals surface area contributed by atoms with E-state index in [0.29, 0.717) is 32.2 Å². The second-order valence-electron chi connectivity index (χ2n) is 7.48. The van der Waals surface area contributed by atoms with E-state index in [0.717, 1.165) is 6.54 Å². The molecule has 0 radical (unpaired) electrons. The summed E-state index contributed by atoms with van der Waals surface area (Å²) < 4.78 is 0. The van der Waals surface area contributed by atoms with Gasteiger partial charge in [0.15, 0.2) is 0 Å². The summed E-state index contributed by atoms with van der Waals surface area (Å²) in [7, 11) is 6.35. The SMILES string of the molecule is CN(CC1(O)CCC(C(=O)O)CC1)CC1(N(C)C)CCC1. The van der Waals surface area contributed by atoms with Crippen LogP contribution >= 0.6 is 0 Å². The average Bonchev–Trinajstić information content (AvgIpc) is 2.33. The van der Waals surface area contributed by atoms with Crippen molar-refractivity contribution in [1.29, 1.82) is 0 Å². The molecular formula is C16H30N2O3. The van der Waals surface area contributed by atoms with Crippen LogP contribution in [0.25, 0.3) is 0 Å². The Morgan fingerprint density at radius 2 is 1.67 bits per heavy atom. The van der Waals surface area contributed by atoms with Crippen molar-refractivity contribution in [3.63, 3.8) is 0 Å². The minimum absolute atomic E-state index is 0.267. The fourth-order valence-corrected chi connectivity index (χ4v) is 3.95. The highest BCUT2D eigenvalue weighted by atomic mass is 16.4. The largest absolute Gasteiger partial charge is 0.481 e. The van der Waals surface area contributed by atoms with Gasteiger partial charge in [0.1, 0.15) is 0 Å². The normalized spacial score (nSPS) is 32.2. The van der Waals surface area contributed by atoms with Crippen LogP contribution in [0.3, 0.4) is 0 Å². The van der Waals surface area contributed by atoms with Crippen LogP contribution in [0.4, 0.5) is 0 Å². The number of hydrogen-bond donors (Lipinski definition) is 2. The summed E-state index contributed by atoms with van der Waals surface area (Å²) in [6, 6.07) is 0. The molecule has 122 valence electrons. The van der Waals surface area contributed by atoms with Crippen LogP contribution in [0, 0.1) is 5.92 Å². The van der Waals surface area contributed by atoms with Crippen LogP contribution in [0.15, 0.2) is 0 Å². The lowest BCUT2D eigenvalue weighted by Gasteiger charge is -2.50. The molecule has 2 aliphatic carbocycles. The molecule has 0 saturated heterocycles. The monoisotopic (exact) mass is 298 g/mol. The van der Waals surface area contributed by atoms with E-state index in [-0.39, 0.29) is 11.5 Å². The van der Waals surface area contributed by atoms with Gasteiger partial charge in [0.25, 0.3) is 0 Å². The number of carboxylic acid groups (broad SMARTS) is 1. The van der Waals surface area contributed by atoms with Crippen LogP contribution in [0.5, 0.6) is 0 Å². The third kappa shape index (κ3) is 3.76. The number of hydrogen-bond acceptors (Lipinski definition) is 4. The molecule has 5 heteroatoms. The van der Waals surface area contributed by atoms with Crippen molar-refractivity contribution < 1.29 is 15.0 Å². The summed E-state index contributed by atoms with van der Waals surface area (Å²) in [5.41, 5.74) is -0.443. The zero-order chi connectivity index (χ0) is 15.7. The fraction of sp³-hybridized carbons (Fsp3) is 0.938. The summed E-state index contributed by atoms with van der Waals surface area (Å²) in [5.74, 6) is -0.984. The molecule has 0 aromatic heterocycles. The highest BCUT2D eigenvalue weighted by Gasteiger charge is 2.42. The van der Waals surface area contributed by atoms with Gasteiger partial charge in [0, 0.05) is 18.6 Å². The van der Waals surface area contributed by atoms with E-state index in [1.165, 1.54) is 19.3 Å². The Balaban J connectivity index is 1.85. The Hall–Kier alpha value is -0.650. The Kier molecular flexibility index (Phi) is 4.96. The predicted molar refractivity (Wildman–Crippen MR) is 82.3 cm³/mol. The minimum Gasteiger partial charge on any atom is -0.481 e. The van der Waals surface area contributed by atoms with Crippen LogP contribution in [0.2, 0.25) is 0 Å². The van der Waals surface area contributed by atoms with Crippen LogP contribution in [-0.4, -0.2) is 71.4 Å². The lowest BCUT2D eigenvalue weighted by molar-refractivity contribution is -0.145. The van der Waals surface area contributed by atoms with Gasteiger partial charge in [0.2, 0.25) is 0 Å². The van der Waals surface area contributed by atoms with Crippen molar-refractivity contribution in [2.75, 3.05) is 34.2 Å². The molecule has 0 spiro atoms. The number of carboxylic acids is 1. The maximum absolute atomic E-state index is 11.0. The third-order valence-electron chi connectivity index (χ3n) is 5.63. The zero-order valence-electron chi connectivity index (χ0n) is 13.6. The first kappa shape index (κ1) is 16.7. The molecule has 2 rings (SSSR count). The minimum atomic E-state index is -0.716. The van der Waals surface area contributed by atoms with Crippen LogP contribution < -0.4 is 0 Å². The van der Waals surface area contributed by atoms with Gasteiger partial charge in [-0.3, -0.25) is 4.79 Å². The first-order valence-electron chi connectivity index (χ1n) is 8.08. The lowest BCUT2D eigenvalue weighted by atomic mass is 9.74. The van der Waals surface area contributed by atoms with Gasteiger partial charge < -0.3 is 20.0 Å². The van der Waals surface area contributed by atoms with Gasteiger partial charge in [-0.15, -0.1) is 0 Å². The first-order valence-corrected chi connectivity index (χ1v) is 8.08. The number of carbonyl (C=O) groups is 1. The summed E-state index contributed by atoms with van der Waals surface area (Å²) in [5, 5.41) is 19.8. The molecule has 2 fully saturated rings. The number of rotatable bonds is 6. The van der Waals surface area contributed by atoms with Gasteiger partial charge in [-0.05, 0) is 66.1 Å². The van der Waals surface area contributed by atoms with E-state index in [9.17, 15) is 9.90 Å². The molecule has 0 aromatic carbocycles. The summed E-state index contributed by atoms with van der Waals surface area (Å²) in [4.78, 5) is 15.6. The van der Waals surface area contributed by atoms with Gasteiger partial charge in [-0.1, -0.05) is 0 Å². The number of likely N-dealkylation sites (N-methyl/N-ethyl adjacent to an activating group) is 2. The standard InChI is InChI=1S/C16H30N2O3/c1-17(2)15(7-4-8-15)11-18(3)12-16(21)9-5-13(6-10-16)14(19)20/h13,21H,4-12H2,1-3H3,(H,19,20). The van der Waals surface area contributed by atoms with E-state index >= 15 is 0 Å². The van der Waals surface area contributed by atoms with Crippen molar-refractivity contribution in [2.24, 2.45) is 5.92 Å². The van der Waals surface area contributed by atoms with E-state index in [2.05, 4.69) is 30.9 Å². The topological polar surface area (TPSA) is 64.0 Å². The second-order valence-corrected chi connectivity index (χ2v) is 7.48. The molecule has 2 aliphatic rings. The molecule has 5 nitrogen and oxygen atoms in total. The number of nitrogens with zero attached hydrogens (tertiary/aromatic N) is 2. The van der Waals surface area contributed by atoms with Gasteiger partial charge in [0.05, 0.1) is 11.5 Å². The van der Waals surface area contributed by atoms with E-state index in [1.54, 1.807) is 0 Å². The smallest absolute Gasteiger partial charge is 0.306 e. The maximum atomic E-state index is 11.0. The van der Waals surface area contributed by atoms with E-state index in [4.69, 9.17) is 5.11 Å². The third-order valence-corrected chi connectivity index (χ3v) is 5.63. The Morgan fingerprint density at radius 1 is 1.10 bits per heavy atom. The summed E-state index contributed by atoms with van der Waals surface area (Å²) in [6.45, 7) is 1.62. The molecule has 0 amide bonds. The second kappa shape index (κ2) is 6.23. The molecule has 2 saturated carbocycles. The first-order chi connectivity index (χ1) is 9.76. The van der Waals surface area contributed by atoms with Gasteiger partial charge in [-0.2, -0.15) is 0 Å². The lowest BCUT2D eigenvalue weighted by Crippen LogP contribution is -2.58. The quantitative estimate of drug-likeness (QED) is 0.776. The van der Waals surface area contributed by atoms with Gasteiger partial charge >= 0.3 is 5.97 Å². The molecule has 2 N–H and O–H groups in total. The van der Waals surface area contributed by atoms with Crippen molar-refractivity contribution in [2.45, 2.75) is 56.1 Å².